The number of hydrogen-bond acceptors (Lipinski definition) is 3. The van der Waals surface area contributed by atoms with Gasteiger partial charge in [-0.05, 0) is 44.9 Å². The SMILES string of the molecule is Cc1ccc(NC(=O)CC(=O)N2CCN3CCCC3C2)c(C)c1. The molecule has 1 N–H and O–H groups in total. The van der Waals surface area contributed by atoms with Crippen LogP contribution in [0, 0.1) is 13.8 Å². The lowest BCUT2D eigenvalue weighted by atomic mass is 10.1. The summed E-state index contributed by atoms with van der Waals surface area (Å²) in [5, 5.41) is 2.86. The maximum atomic E-state index is 12.4. The standard InChI is InChI=1S/C18H25N3O2/c1-13-5-6-16(14(2)10-13)19-17(22)11-18(23)21-9-8-20-7-3-4-15(20)12-21/h5-6,10,15H,3-4,7-9,11-12H2,1-2H3,(H,19,22). The van der Waals surface area contributed by atoms with E-state index in [-0.39, 0.29) is 18.2 Å². The highest BCUT2D eigenvalue weighted by molar-refractivity contribution is 6.03. The second-order valence-electron chi connectivity index (χ2n) is 6.72. The zero-order chi connectivity index (χ0) is 16.4. The maximum Gasteiger partial charge on any atom is 0.233 e. The first-order valence-corrected chi connectivity index (χ1v) is 8.42. The molecule has 2 saturated heterocycles. The smallest absolute Gasteiger partial charge is 0.233 e. The second-order valence-corrected chi connectivity index (χ2v) is 6.72. The van der Waals surface area contributed by atoms with E-state index in [0.29, 0.717) is 6.04 Å². The summed E-state index contributed by atoms with van der Waals surface area (Å²) in [6.07, 6.45) is 2.32. The van der Waals surface area contributed by atoms with E-state index >= 15 is 0 Å². The molecule has 0 bridgehead atoms. The lowest BCUT2D eigenvalue weighted by molar-refractivity contribution is -0.136. The van der Waals surface area contributed by atoms with Gasteiger partial charge in [0.15, 0.2) is 0 Å². The minimum absolute atomic E-state index is 0.0567. The maximum absolute atomic E-state index is 12.4. The summed E-state index contributed by atoms with van der Waals surface area (Å²) >= 11 is 0. The summed E-state index contributed by atoms with van der Waals surface area (Å²) in [4.78, 5) is 28.8. The number of piperazine rings is 1. The van der Waals surface area contributed by atoms with Crippen molar-refractivity contribution >= 4 is 17.5 Å². The summed E-state index contributed by atoms with van der Waals surface area (Å²) in [6.45, 7) is 7.59. The predicted molar refractivity (Wildman–Crippen MR) is 90.3 cm³/mol. The normalized spacial score (nSPS) is 21.1. The van der Waals surface area contributed by atoms with E-state index in [1.54, 1.807) is 0 Å². The molecule has 2 amide bonds. The van der Waals surface area contributed by atoms with Crippen LogP contribution in [0.2, 0.25) is 0 Å². The van der Waals surface area contributed by atoms with E-state index in [1.165, 1.54) is 12.8 Å². The number of rotatable bonds is 3. The highest BCUT2D eigenvalue weighted by Crippen LogP contribution is 2.22. The van der Waals surface area contributed by atoms with Crippen LogP contribution in [-0.4, -0.2) is 53.8 Å². The van der Waals surface area contributed by atoms with Crippen molar-refractivity contribution in [3.8, 4) is 0 Å². The number of carbonyl (C=O) groups is 2. The number of amides is 2. The molecule has 1 unspecified atom stereocenters. The van der Waals surface area contributed by atoms with Gasteiger partial charge >= 0.3 is 0 Å². The molecule has 1 atom stereocenters. The Bertz CT molecular complexity index is 614. The van der Waals surface area contributed by atoms with Crippen LogP contribution in [0.25, 0.3) is 0 Å². The third-order valence-corrected chi connectivity index (χ3v) is 4.91. The number of nitrogens with one attached hydrogen (secondary N) is 1. The number of hydrogen-bond donors (Lipinski definition) is 1. The average Bonchev–Trinajstić information content (AvgIpc) is 2.97. The average molecular weight is 315 g/mol. The van der Waals surface area contributed by atoms with Crippen molar-refractivity contribution in [1.82, 2.24) is 9.80 Å². The summed E-state index contributed by atoms with van der Waals surface area (Å²) in [5.74, 6) is -0.283. The van der Waals surface area contributed by atoms with Crippen LogP contribution in [0.1, 0.15) is 30.4 Å². The van der Waals surface area contributed by atoms with Gasteiger partial charge in [0.2, 0.25) is 11.8 Å². The van der Waals surface area contributed by atoms with E-state index < -0.39 is 0 Å². The number of aryl methyl sites for hydroxylation is 2. The molecule has 2 fully saturated rings. The van der Waals surface area contributed by atoms with E-state index in [9.17, 15) is 9.59 Å². The van der Waals surface area contributed by atoms with Gasteiger partial charge in [-0.1, -0.05) is 17.7 Å². The van der Waals surface area contributed by atoms with Crippen LogP contribution in [0.5, 0.6) is 0 Å². The fourth-order valence-corrected chi connectivity index (χ4v) is 3.62. The van der Waals surface area contributed by atoms with E-state index in [0.717, 1.165) is 43.0 Å². The van der Waals surface area contributed by atoms with Gasteiger partial charge in [-0.25, -0.2) is 0 Å². The second kappa shape index (κ2) is 6.71. The summed E-state index contributed by atoms with van der Waals surface area (Å²) in [5.41, 5.74) is 2.96. The molecule has 5 nitrogen and oxygen atoms in total. The Morgan fingerprint density at radius 1 is 1.22 bits per heavy atom. The van der Waals surface area contributed by atoms with Crippen molar-refractivity contribution in [3.63, 3.8) is 0 Å². The number of anilines is 1. The van der Waals surface area contributed by atoms with E-state index in [4.69, 9.17) is 0 Å². The molecule has 2 aliphatic heterocycles. The molecule has 23 heavy (non-hydrogen) atoms. The molecule has 2 heterocycles. The van der Waals surface area contributed by atoms with Gasteiger partial charge in [-0.3, -0.25) is 14.5 Å². The molecule has 2 aliphatic rings. The fraction of sp³-hybridized carbons (Fsp3) is 0.556. The molecule has 5 heteroatoms. The first kappa shape index (κ1) is 16.0. The van der Waals surface area contributed by atoms with Gasteiger partial charge in [0.1, 0.15) is 6.42 Å². The first-order chi connectivity index (χ1) is 11.0. The molecular weight excluding hydrogens is 290 g/mol. The third-order valence-electron chi connectivity index (χ3n) is 4.91. The molecule has 0 aliphatic carbocycles. The van der Waals surface area contributed by atoms with Gasteiger partial charge in [0.05, 0.1) is 0 Å². The van der Waals surface area contributed by atoms with Crippen molar-refractivity contribution in [2.24, 2.45) is 0 Å². The number of carbonyl (C=O) groups excluding carboxylic acids is 2. The minimum atomic E-state index is -0.226. The zero-order valence-corrected chi connectivity index (χ0v) is 14.0. The van der Waals surface area contributed by atoms with Crippen LogP contribution in [0.4, 0.5) is 5.69 Å². The van der Waals surface area contributed by atoms with Crippen LogP contribution in [-0.2, 0) is 9.59 Å². The van der Waals surface area contributed by atoms with Crippen LogP contribution in [0.15, 0.2) is 18.2 Å². The highest BCUT2D eigenvalue weighted by atomic mass is 16.2. The van der Waals surface area contributed by atoms with E-state index in [1.807, 2.05) is 36.9 Å². The zero-order valence-electron chi connectivity index (χ0n) is 14.0. The van der Waals surface area contributed by atoms with Crippen molar-refractivity contribution in [2.45, 2.75) is 39.2 Å². The lowest BCUT2D eigenvalue weighted by Crippen LogP contribution is -2.52. The Kier molecular flexibility index (Phi) is 4.66. The summed E-state index contributed by atoms with van der Waals surface area (Å²) < 4.78 is 0. The van der Waals surface area contributed by atoms with Crippen molar-refractivity contribution in [1.29, 1.82) is 0 Å². The van der Waals surface area contributed by atoms with Gasteiger partial charge < -0.3 is 10.2 Å². The van der Waals surface area contributed by atoms with Crippen LogP contribution in [0.3, 0.4) is 0 Å². The number of benzene rings is 1. The molecule has 0 radical (unpaired) electrons. The Hall–Kier alpha value is -1.88. The fourth-order valence-electron chi connectivity index (χ4n) is 3.62. The monoisotopic (exact) mass is 315 g/mol. The van der Waals surface area contributed by atoms with Gasteiger partial charge in [-0.15, -0.1) is 0 Å². The molecule has 0 aromatic heterocycles. The van der Waals surface area contributed by atoms with Gasteiger partial charge in [0, 0.05) is 31.4 Å². The number of nitrogens with zero attached hydrogens (tertiary/aromatic N) is 2. The minimum Gasteiger partial charge on any atom is -0.339 e. The Labute approximate surface area is 137 Å². The third kappa shape index (κ3) is 3.72. The van der Waals surface area contributed by atoms with Gasteiger partial charge in [0.25, 0.3) is 0 Å². The Morgan fingerprint density at radius 3 is 2.83 bits per heavy atom. The van der Waals surface area contributed by atoms with Gasteiger partial charge in [-0.2, -0.15) is 0 Å². The quantitative estimate of drug-likeness (QED) is 0.867. The topological polar surface area (TPSA) is 52.7 Å². The Balaban J connectivity index is 1.54. The largest absolute Gasteiger partial charge is 0.339 e. The van der Waals surface area contributed by atoms with Crippen molar-refractivity contribution in [3.05, 3.63) is 29.3 Å². The molecule has 1 aromatic carbocycles. The molecule has 0 spiro atoms. The van der Waals surface area contributed by atoms with Crippen molar-refractivity contribution in [2.75, 3.05) is 31.5 Å². The molecule has 0 saturated carbocycles. The molecular formula is C18H25N3O2. The highest BCUT2D eigenvalue weighted by Gasteiger charge is 2.32. The summed E-state index contributed by atoms with van der Waals surface area (Å²) in [6, 6.07) is 6.38. The predicted octanol–water partition coefficient (Wildman–Crippen LogP) is 1.94. The van der Waals surface area contributed by atoms with Crippen molar-refractivity contribution < 1.29 is 9.59 Å². The number of fused-ring (bicyclic) bond motifs is 1. The van der Waals surface area contributed by atoms with Crippen LogP contribution >= 0.6 is 0 Å². The first-order valence-electron chi connectivity index (χ1n) is 8.42. The molecule has 1 aromatic rings. The molecule has 3 rings (SSSR count). The Morgan fingerprint density at radius 2 is 2.04 bits per heavy atom. The lowest BCUT2D eigenvalue weighted by Gasteiger charge is -2.37. The van der Waals surface area contributed by atoms with Crippen LogP contribution < -0.4 is 5.32 Å². The molecule has 124 valence electrons. The summed E-state index contributed by atoms with van der Waals surface area (Å²) in [7, 11) is 0. The van der Waals surface area contributed by atoms with E-state index in [2.05, 4.69) is 10.2 Å².